The van der Waals surface area contributed by atoms with Crippen molar-refractivity contribution in [2.24, 2.45) is 5.92 Å². The van der Waals surface area contributed by atoms with Crippen molar-refractivity contribution in [1.29, 1.82) is 0 Å². The number of ketones is 1. The summed E-state index contributed by atoms with van der Waals surface area (Å²) in [5.74, 6) is 0.927. The number of hydrogen-bond acceptors (Lipinski definition) is 3. The maximum absolute atomic E-state index is 12.1. The number of benzene rings is 1. The lowest BCUT2D eigenvalue weighted by Crippen LogP contribution is -2.14. The lowest BCUT2D eigenvalue weighted by Gasteiger charge is -2.21. The van der Waals surface area contributed by atoms with Gasteiger partial charge in [0.25, 0.3) is 0 Å². The number of carbonyl (C=O) groups excluding carboxylic acids is 2. The van der Waals surface area contributed by atoms with E-state index in [-0.39, 0.29) is 5.78 Å². The molecule has 0 aromatic heterocycles. The molecule has 0 bridgehead atoms. The summed E-state index contributed by atoms with van der Waals surface area (Å²) in [5, 5.41) is 0. The highest BCUT2D eigenvalue weighted by atomic mass is 16.5. The van der Waals surface area contributed by atoms with Gasteiger partial charge in [0.1, 0.15) is 17.8 Å². The fourth-order valence-corrected chi connectivity index (χ4v) is 3.42. The predicted octanol–water partition coefficient (Wildman–Crippen LogP) is 4.46. The summed E-state index contributed by atoms with van der Waals surface area (Å²) in [6, 6.07) is 7.38. The quantitative estimate of drug-likeness (QED) is 0.551. The van der Waals surface area contributed by atoms with Gasteiger partial charge in [-0.1, -0.05) is 50.3 Å². The van der Waals surface area contributed by atoms with Gasteiger partial charge in [0.2, 0.25) is 0 Å². The van der Waals surface area contributed by atoms with Gasteiger partial charge in [-0.2, -0.15) is 0 Å². The van der Waals surface area contributed by atoms with Crippen molar-refractivity contribution in [2.75, 3.05) is 7.11 Å². The third kappa shape index (κ3) is 4.78. The maximum Gasteiger partial charge on any atom is 0.146 e. The summed E-state index contributed by atoms with van der Waals surface area (Å²) in [6.07, 6.45) is 10.1. The SMILES string of the molecule is COc1ccc(C(C(C)=O)/C(C=O)=C\CC2CCCCC2)cc1. The van der Waals surface area contributed by atoms with Crippen LogP contribution in [0.3, 0.4) is 0 Å². The average Bonchev–Trinajstić information content (AvgIpc) is 2.59. The molecule has 1 aliphatic carbocycles. The summed E-state index contributed by atoms with van der Waals surface area (Å²) in [7, 11) is 1.61. The Morgan fingerprint density at radius 2 is 1.87 bits per heavy atom. The zero-order valence-electron chi connectivity index (χ0n) is 14.1. The van der Waals surface area contributed by atoms with Crippen LogP contribution in [0.1, 0.15) is 56.9 Å². The van der Waals surface area contributed by atoms with Crippen LogP contribution in [0.5, 0.6) is 5.75 Å². The van der Waals surface area contributed by atoms with E-state index >= 15 is 0 Å². The summed E-state index contributed by atoms with van der Waals surface area (Å²) in [4.78, 5) is 23.7. The van der Waals surface area contributed by atoms with Gasteiger partial charge in [0, 0.05) is 5.57 Å². The molecule has 0 saturated heterocycles. The second kappa shape index (κ2) is 8.66. The normalized spacial score (nSPS) is 17.6. The Bertz CT molecular complexity index is 551. The molecule has 1 unspecified atom stereocenters. The molecule has 0 amide bonds. The largest absolute Gasteiger partial charge is 0.497 e. The fraction of sp³-hybridized carbons (Fsp3) is 0.500. The fourth-order valence-electron chi connectivity index (χ4n) is 3.42. The Balaban J connectivity index is 2.18. The molecule has 124 valence electrons. The standard InChI is InChI=1S/C20H26O3/c1-15(22)20(17-10-12-19(23-2)13-11-17)18(14-21)9-8-16-6-4-3-5-7-16/h9-14,16,20H,3-8H2,1-2H3/b18-9-. The van der Waals surface area contributed by atoms with E-state index < -0.39 is 5.92 Å². The van der Waals surface area contributed by atoms with Crippen LogP contribution in [-0.4, -0.2) is 19.2 Å². The molecule has 0 N–H and O–H groups in total. The van der Waals surface area contributed by atoms with Crippen LogP contribution in [0, 0.1) is 5.92 Å². The molecule has 0 radical (unpaired) electrons. The Hall–Kier alpha value is -1.90. The lowest BCUT2D eigenvalue weighted by atomic mass is 9.84. The third-order valence-electron chi connectivity index (χ3n) is 4.74. The van der Waals surface area contributed by atoms with Crippen LogP contribution < -0.4 is 4.74 Å². The summed E-state index contributed by atoms with van der Waals surface area (Å²) >= 11 is 0. The summed E-state index contributed by atoms with van der Waals surface area (Å²) in [6.45, 7) is 1.55. The Morgan fingerprint density at radius 1 is 1.22 bits per heavy atom. The van der Waals surface area contributed by atoms with Crippen molar-refractivity contribution in [2.45, 2.75) is 51.4 Å². The highest BCUT2D eigenvalue weighted by Crippen LogP contribution is 2.30. The molecule has 0 spiro atoms. The Labute approximate surface area is 138 Å². The highest BCUT2D eigenvalue weighted by Gasteiger charge is 2.22. The van der Waals surface area contributed by atoms with E-state index in [2.05, 4.69) is 0 Å². The number of ether oxygens (including phenoxy) is 1. The van der Waals surface area contributed by atoms with Gasteiger partial charge >= 0.3 is 0 Å². The van der Waals surface area contributed by atoms with Crippen LogP contribution in [0.4, 0.5) is 0 Å². The number of hydrogen-bond donors (Lipinski definition) is 0. The second-order valence-corrected chi connectivity index (χ2v) is 6.38. The molecular weight excluding hydrogens is 288 g/mol. The molecule has 1 fully saturated rings. The van der Waals surface area contributed by atoms with Crippen molar-refractivity contribution in [3.63, 3.8) is 0 Å². The van der Waals surface area contributed by atoms with Crippen molar-refractivity contribution < 1.29 is 14.3 Å². The van der Waals surface area contributed by atoms with Gasteiger partial charge in [-0.3, -0.25) is 9.59 Å². The third-order valence-corrected chi connectivity index (χ3v) is 4.74. The van der Waals surface area contributed by atoms with Crippen LogP contribution >= 0.6 is 0 Å². The minimum Gasteiger partial charge on any atom is -0.497 e. The predicted molar refractivity (Wildman–Crippen MR) is 91.8 cm³/mol. The molecule has 3 nitrogen and oxygen atoms in total. The minimum absolute atomic E-state index is 0.00263. The van der Waals surface area contributed by atoms with Gasteiger partial charge in [0.15, 0.2) is 0 Å². The van der Waals surface area contributed by atoms with Crippen LogP contribution in [0.15, 0.2) is 35.9 Å². The molecule has 1 aliphatic rings. The molecule has 0 heterocycles. The molecular formula is C20H26O3. The van der Waals surface area contributed by atoms with Crippen molar-refractivity contribution >= 4 is 12.1 Å². The molecule has 1 atom stereocenters. The molecule has 3 heteroatoms. The molecule has 1 aromatic carbocycles. The zero-order chi connectivity index (χ0) is 16.7. The van der Waals surface area contributed by atoms with Crippen molar-refractivity contribution in [1.82, 2.24) is 0 Å². The van der Waals surface area contributed by atoms with Gasteiger partial charge in [-0.05, 0) is 37.0 Å². The molecule has 23 heavy (non-hydrogen) atoms. The first kappa shape index (κ1) is 17.5. The monoisotopic (exact) mass is 314 g/mol. The molecule has 2 rings (SSSR count). The van der Waals surface area contributed by atoms with Crippen LogP contribution in [0.25, 0.3) is 0 Å². The topological polar surface area (TPSA) is 43.4 Å². The van der Waals surface area contributed by atoms with E-state index in [9.17, 15) is 9.59 Å². The zero-order valence-corrected chi connectivity index (χ0v) is 14.1. The van der Waals surface area contributed by atoms with Crippen LogP contribution in [0.2, 0.25) is 0 Å². The number of aldehydes is 1. The lowest BCUT2D eigenvalue weighted by molar-refractivity contribution is -0.118. The van der Waals surface area contributed by atoms with E-state index in [4.69, 9.17) is 4.74 Å². The molecule has 1 saturated carbocycles. The smallest absolute Gasteiger partial charge is 0.146 e. The van der Waals surface area contributed by atoms with Crippen LogP contribution in [-0.2, 0) is 9.59 Å². The number of methoxy groups -OCH3 is 1. The average molecular weight is 314 g/mol. The highest BCUT2D eigenvalue weighted by molar-refractivity contribution is 5.94. The summed E-state index contributed by atoms with van der Waals surface area (Å²) in [5.41, 5.74) is 1.44. The Morgan fingerprint density at radius 3 is 2.39 bits per heavy atom. The van der Waals surface area contributed by atoms with E-state index in [1.807, 2.05) is 30.3 Å². The van der Waals surface area contributed by atoms with E-state index in [1.165, 1.54) is 32.1 Å². The first-order chi connectivity index (χ1) is 11.2. The van der Waals surface area contributed by atoms with Crippen molar-refractivity contribution in [3.8, 4) is 5.75 Å². The van der Waals surface area contributed by atoms with Gasteiger partial charge < -0.3 is 4.74 Å². The second-order valence-electron chi connectivity index (χ2n) is 6.38. The first-order valence-corrected chi connectivity index (χ1v) is 8.45. The molecule has 1 aromatic rings. The maximum atomic E-state index is 12.1. The van der Waals surface area contributed by atoms with Gasteiger partial charge in [-0.25, -0.2) is 0 Å². The first-order valence-electron chi connectivity index (χ1n) is 8.45. The van der Waals surface area contributed by atoms with E-state index in [0.717, 1.165) is 24.0 Å². The van der Waals surface area contributed by atoms with Gasteiger partial charge in [-0.15, -0.1) is 0 Å². The minimum atomic E-state index is -0.470. The van der Waals surface area contributed by atoms with E-state index in [1.54, 1.807) is 14.0 Å². The van der Waals surface area contributed by atoms with Gasteiger partial charge in [0.05, 0.1) is 13.0 Å². The summed E-state index contributed by atoms with van der Waals surface area (Å²) < 4.78 is 5.15. The number of allylic oxidation sites excluding steroid dienone is 2. The Kier molecular flexibility index (Phi) is 6.57. The van der Waals surface area contributed by atoms with Crippen molar-refractivity contribution in [3.05, 3.63) is 41.5 Å². The molecule has 0 aliphatic heterocycles. The number of rotatable bonds is 7. The van der Waals surface area contributed by atoms with E-state index in [0.29, 0.717) is 11.5 Å². The number of carbonyl (C=O) groups is 2. The number of Topliss-reactive ketones (excluding diaryl/α,β-unsaturated/α-hetero) is 1.